The third-order valence-electron chi connectivity index (χ3n) is 5.56. The van der Waals surface area contributed by atoms with Crippen LogP contribution in [0.5, 0.6) is 0 Å². The molecule has 9 heteroatoms. The molecule has 4 aromatic rings. The minimum Gasteiger partial charge on any atom is -0.350 e. The van der Waals surface area contributed by atoms with Crippen LogP contribution >= 0.6 is 22.9 Å². The predicted octanol–water partition coefficient (Wildman–Crippen LogP) is 3.88. The first kappa shape index (κ1) is 21.4. The van der Waals surface area contributed by atoms with E-state index in [-0.39, 0.29) is 23.3 Å². The molecule has 5 rings (SSSR count). The largest absolute Gasteiger partial charge is 0.350 e. The van der Waals surface area contributed by atoms with Crippen molar-refractivity contribution in [3.05, 3.63) is 87.2 Å². The lowest BCUT2D eigenvalue weighted by Crippen LogP contribution is -2.31. The Morgan fingerprint density at radius 1 is 1.09 bits per heavy atom. The molecule has 166 valence electrons. The van der Waals surface area contributed by atoms with Gasteiger partial charge in [-0.15, -0.1) is 11.3 Å². The van der Waals surface area contributed by atoms with Gasteiger partial charge in [0.15, 0.2) is 5.01 Å². The number of rotatable bonds is 5. The molecule has 3 heterocycles. The van der Waals surface area contributed by atoms with E-state index in [0.29, 0.717) is 35.1 Å². The maximum absolute atomic E-state index is 12.6. The second-order valence-electron chi connectivity index (χ2n) is 7.84. The monoisotopic (exact) mass is 478 g/mol. The number of thiazole rings is 1. The van der Waals surface area contributed by atoms with Crippen molar-refractivity contribution < 1.29 is 9.59 Å². The first-order valence-corrected chi connectivity index (χ1v) is 11.6. The van der Waals surface area contributed by atoms with Crippen LogP contribution in [0.15, 0.2) is 71.7 Å². The summed E-state index contributed by atoms with van der Waals surface area (Å²) in [6.45, 7) is 0.897. The summed E-state index contributed by atoms with van der Waals surface area (Å²) in [5.74, 6) is -0.244. The average Bonchev–Trinajstić information content (AvgIpc) is 3.41. The van der Waals surface area contributed by atoms with E-state index in [2.05, 4.69) is 10.3 Å². The second kappa shape index (κ2) is 8.80. The number of amides is 2. The fourth-order valence-corrected chi connectivity index (χ4v) is 4.94. The van der Waals surface area contributed by atoms with Gasteiger partial charge in [-0.1, -0.05) is 17.7 Å². The fourth-order valence-electron chi connectivity index (χ4n) is 3.91. The van der Waals surface area contributed by atoms with Gasteiger partial charge in [-0.05, 0) is 48.5 Å². The van der Waals surface area contributed by atoms with Crippen molar-refractivity contribution >= 4 is 50.7 Å². The second-order valence-corrected chi connectivity index (χ2v) is 9.31. The van der Waals surface area contributed by atoms with Gasteiger partial charge in [0.2, 0.25) is 5.91 Å². The molecule has 2 amide bonds. The maximum atomic E-state index is 12.6. The van der Waals surface area contributed by atoms with E-state index >= 15 is 0 Å². The van der Waals surface area contributed by atoms with Crippen LogP contribution in [0.4, 0.5) is 5.69 Å². The zero-order valence-corrected chi connectivity index (χ0v) is 19.0. The van der Waals surface area contributed by atoms with Crippen LogP contribution < -0.4 is 15.8 Å². The molecule has 0 radical (unpaired) electrons. The van der Waals surface area contributed by atoms with Crippen LogP contribution in [0.25, 0.3) is 15.9 Å². The first-order valence-electron chi connectivity index (χ1n) is 10.4. The van der Waals surface area contributed by atoms with E-state index in [1.54, 1.807) is 39.9 Å². The number of nitrogens with zero attached hydrogens (tertiary/aromatic N) is 3. The third-order valence-corrected chi connectivity index (χ3v) is 6.83. The van der Waals surface area contributed by atoms with Crippen molar-refractivity contribution in [3.8, 4) is 5.69 Å². The number of halogens is 1. The number of aromatic nitrogens is 2. The number of benzene rings is 2. The molecule has 0 saturated carbocycles. The lowest BCUT2D eigenvalue weighted by Gasteiger charge is -2.17. The quantitative estimate of drug-likeness (QED) is 0.471. The predicted molar refractivity (Wildman–Crippen MR) is 129 cm³/mol. The number of carbonyl (C=O) groups excluding carboxylic acids is 2. The van der Waals surface area contributed by atoms with Crippen molar-refractivity contribution in [3.63, 3.8) is 0 Å². The molecule has 7 nitrogen and oxygen atoms in total. The van der Waals surface area contributed by atoms with Crippen molar-refractivity contribution in [2.45, 2.75) is 6.42 Å². The van der Waals surface area contributed by atoms with E-state index in [9.17, 15) is 14.4 Å². The van der Waals surface area contributed by atoms with E-state index in [0.717, 1.165) is 16.1 Å². The number of anilines is 1. The van der Waals surface area contributed by atoms with Gasteiger partial charge in [0.1, 0.15) is 0 Å². The number of hydrogen-bond donors (Lipinski definition) is 1. The smallest absolute Gasteiger partial charge is 0.280 e. The van der Waals surface area contributed by atoms with Gasteiger partial charge in [0.25, 0.3) is 11.5 Å². The Morgan fingerprint density at radius 3 is 2.67 bits per heavy atom. The minimum absolute atomic E-state index is 0.00157. The van der Waals surface area contributed by atoms with Gasteiger partial charge < -0.3 is 10.2 Å². The van der Waals surface area contributed by atoms with Crippen molar-refractivity contribution in [1.82, 2.24) is 14.9 Å². The summed E-state index contributed by atoms with van der Waals surface area (Å²) < 4.78 is 2.44. The standard InChI is InChI=1S/C24H19ClN4O3S/c25-16-4-9-20-19(12-16)27-24(33-20)23(32)26-13-15-11-22(31)29(14-15)18-7-5-17(6-8-18)28-10-2-1-3-21(28)30/h1-10,12,15H,11,13-14H2,(H,26,32). The summed E-state index contributed by atoms with van der Waals surface area (Å²) in [5.41, 5.74) is 2.08. The molecule has 1 aliphatic heterocycles. The number of hydrogen-bond acceptors (Lipinski definition) is 5. The molecule has 2 aromatic carbocycles. The van der Waals surface area contributed by atoms with Gasteiger partial charge in [-0.2, -0.15) is 0 Å². The molecule has 1 aliphatic rings. The van der Waals surface area contributed by atoms with Gasteiger partial charge in [0.05, 0.1) is 10.2 Å². The first-order chi connectivity index (χ1) is 16.0. The molecular weight excluding hydrogens is 460 g/mol. The fraction of sp³-hybridized carbons (Fsp3) is 0.167. The van der Waals surface area contributed by atoms with Crippen molar-refractivity contribution in [2.24, 2.45) is 5.92 Å². The molecule has 1 atom stereocenters. The minimum atomic E-state index is -0.254. The molecule has 1 unspecified atom stereocenters. The van der Waals surface area contributed by atoms with E-state index in [1.165, 1.54) is 17.4 Å². The molecule has 1 saturated heterocycles. The summed E-state index contributed by atoms with van der Waals surface area (Å²) in [7, 11) is 0. The van der Waals surface area contributed by atoms with Crippen molar-refractivity contribution in [2.75, 3.05) is 18.0 Å². The molecule has 0 bridgehead atoms. The average molecular weight is 479 g/mol. The molecule has 33 heavy (non-hydrogen) atoms. The van der Waals surface area contributed by atoms with E-state index in [4.69, 9.17) is 11.6 Å². The van der Waals surface area contributed by atoms with Gasteiger partial charge in [-0.25, -0.2) is 4.98 Å². The molecule has 1 N–H and O–H groups in total. The Hall–Kier alpha value is -3.49. The Labute approximate surface area is 198 Å². The SMILES string of the molecule is O=C(NCC1CC(=O)N(c2ccc(-n3ccccc3=O)cc2)C1)c1nc2cc(Cl)ccc2s1. The van der Waals surface area contributed by atoms with Crippen LogP contribution in [0.1, 0.15) is 16.2 Å². The van der Waals surface area contributed by atoms with Gasteiger partial charge >= 0.3 is 0 Å². The Bertz CT molecular complexity index is 1410. The van der Waals surface area contributed by atoms with Crippen molar-refractivity contribution in [1.29, 1.82) is 0 Å². The Morgan fingerprint density at radius 2 is 1.88 bits per heavy atom. The Balaban J connectivity index is 1.22. The van der Waals surface area contributed by atoms with Gasteiger partial charge in [0, 0.05) is 54.1 Å². The highest BCUT2D eigenvalue weighted by atomic mass is 35.5. The molecule has 2 aromatic heterocycles. The van der Waals surface area contributed by atoms with E-state index in [1.807, 2.05) is 30.3 Å². The number of pyridine rings is 1. The summed E-state index contributed by atoms with van der Waals surface area (Å²) in [5, 5.41) is 3.86. The molecule has 0 spiro atoms. The van der Waals surface area contributed by atoms with Gasteiger partial charge in [-0.3, -0.25) is 19.0 Å². The highest BCUT2D eigenvalue weighted by Crippen LogP contribution is 2.27. The summed E-state index contributed by atoms with van der Waals surface area (Å²) in [4.78, 5) is 43.2. The highest BCUT2D eigenvalue weighted by Gasteiger charge is 2.31. The summed E-state index contributed by atoms with van der Waals surface area (Å²) in [6.07, 6.45) is 2.06. The lowest BCUT2D eigenvalue weighted by atomic mass is 10.1. The van der Waals surface area contributed by atoms with Crippen LogP contribution in [0.3, 0.4) is 0 Å². The van der Waals surface area contributed by atoms with Crippen LogP contribution in [0.2, 0.25) is 5.02 Å². The third kappa shape index (κ3) is 4.40. The molecule has 0 aliphatic carbocycles. The zero-order valence-electron chi connectivity index (χ0n) is 17.4. The van der Waals surface area contributed by atoms with Crippen LogP contribution in [-0.2, 0) is 4.79 Å². The summed E-state index contributed by atoms with van der Waals surface area (Å²) >= 11 is 7.30. The zero-order chi connectivity index (χ0) is 22.9. The number of carbonyl (C=O) groups is 2. The van der Waals surface area contributed by atoms with Crippen LogP contribution in [-0.4, -0.2) is 34.5 Å². The number of fused-ring (bicyclic) bond motifs is 1. The van der Waals surface area contributed by atoms with Crippen LogP contribution in [0, 0.1) is 5.92 Å². The maximum Gasteiger partial charge on any atom is 0.280 e. The Kier molecular flexibility index (Phi) is 5.70. The lowest BCUT2D eigenvalue weighted by molar-refractivity contribution is -0.117. The summed E-state index contributed by atoms with van der Waals surface area (Å²) in [6, 6.07) is 17.6. The molecular formula is C24H19ClN4O3S. The highest BCUT2D eigenvalue weighted by molar-refractivity contribution is 7.20. The normalized spacial score (nSPS) is 15.8. The molecule has 1 fully saturated rings. The number of nitrogens with one attached hydrogen (secondary N) is 1. The topological polar surface area (TPSA) is 84.3 Å². The van der Waals surface area contributed by atoms with E-state index < -0.39 is 0 Å².